The second kappa shape index (κ2) is 7.68. The van der Waals surface area contributed by atoms with Gasteiger partial charge in [0.05, 0.1) is 0 Å². The fourth-order valence-corrected chi connectivity index (χ4v) is 3.95. The second-order valence-corrected chi connectivity index (χ2v) is 7.11. The number of hydrogen-bond acceptors (Lipinski definition) is 2. The average Bonchev–Trinajstić information content (AvgIpc) is 3.10. The molecule has 0 spiro atoms. The molecule has 0 N–H and O–H groups in total. The van der Waals surface area contributed by atoms with Gasteiger partial charge in [-0.25, -0.2) is 0 Å². The van der Waals surface area contributed by atoms with E-state index in [1.165, 1.54) is 5.56 Å². The molecular formula is C19H23F3N2O2. The first-order valence-electron chi connectivity index (χ1n) is 9.07. The van der Waals surface area contributed by atoms with E-state index in [9.17, 15) is 22.8 Å². The summed E-state index contributed by atoms with van der Waals surface area (Å²) in [6.07, 6.45) is -1.56. The number of alkyl halides is 3. The summed E-state index contributed by atoms with van der Waals surface area (Å²) in [5.41, 5.74) is 1.26. The Bertz CT molecular complexity index is 640. The minimum absolute atomic E-state index is 0.000772. The quantitative estimate of drug-likeness (QED) is 0.823. The number of likely N-dealkylation sites (tertiary alicyclic amines) is 2. The van der Waals surface area contributed by atoms with Crippen molar-refractivity contribution in [3.63, 3.8) is 0 Å². The molecule has 2 amide bonds. The standard InChI is InChI=1S/C19H23F3N2O2/c20-19(21,22)18(26)24-10-4-7-16(24)17(25)23-11-8-15(9-12-23)13-14-5-2-1-3-6-14/h1-3,5-6,15-16H,4,7-13H2. The molecule has 0 bridgehead atoms. The van der Waals surface area contributed by atoms with Crippen LogP contribution in [0.1, 0.15) is 31.2 Å². The van der Waals surface area contributed by atoms with Crippen LogP contribution in [-0.2, 0) is 16.0 Å². The fourth-order valence-electron chi connectivity index (χ4n) is 3.95. The number of nitrogens with zero attached hydrogens (tertiary/aromatic N) is 2. The zero-order valence-electron chi connectivity index (χ0n) is 14.5. The molecule has 1 unspecified atom stereocenters. The Labute approximate surface area is 151 Å². The highest BCUT2D eigenvalue weighted by Gasteiger charge is 2.48. The van der Waals surface area contributed by atoms with E-state index >= 15 is 0 Å². The van der Waals surface area contributed by atoms with E-state index in [1.807, 2.05) is 18.2 Å². The molecule has 142 valence electrons. The van der Waals surface area contributed by atoms with E-state index in [4.69, 9.17) is 0 Å². The van der Waals surface area contributed by atoms with Gasteiger partial charge in [0.25, 0.3) is 0 Å². The first-order chi connectivity index (χ1) is 12.4. The first kappa shape index (κ1) is 18.7. The van der Waals surface area contributed by atoms with Gasteiger partial charge in [-0.3, -0.25) is 9.59 Å². The van der Waals surface area contributed by atoms with Gasteiger partial charge in [0.1, 0.15) is 6.04 Å². The summed E-state index contributed by atoms with van der Waals surface area (Å²) in [6.45, 7) is 1.08. The van der Waals surface area contributed by atoms with Crippen molar-refractivity contribution < 1.29 is 22.8 Å². The number of carbonyl (C=O) groups excluding carboxylic acids is 2. The molecule has 2 saturated heterocycles. The molecule has 0 aliphatic carbocycles. The van der Waals surface area contributed by atoms with Crippen LogP contribution in [-0.4, -0.2) is 53.5 Å². The SMILES string of the molecule is O=C(C1CCCN1C(=O)C(F)(F)F)N1CCC(Cc2ccccc2)CC1. The van der Waals surface area contributed by atoms with Gasteiger partial charge in [0, 0.05) is 19.6 Å². The Morgan fingerprint density at radius 3 is 2.27 bits per heavy atom. The summed E-state index contributed by atoms with van der Waals surface area (Å²) in [7, 11) is 0. The highest BCUT2D eigenvalue weighted by molar-refractivity contribution is 5.90. The fraction of sp³-hybridized carbons (Fsp3) is 0.579. The van der Waals surface area contributed by atoms with Crippen molar-refractivity contribution in [2.75, 3.05) is 19.6 Å². The first-order valence-corrected chi connectivity index (χ1v) is 9.07. The van der Waals surface area contributed by atoms with Gasteiger partial charge in [0.15, 0.2) is 0 Å². The zero-order chi connectivity index (χ0) is 18.7. The van der Waals surface area contributed by atoms with Crippen LogP contribution in [0.3, 0.4) is 0 Å². The van der Waals surface area contributed by atoms with Crippen LogP contribution in [0.5, 0.6) is 0 Å². The minimum atomic E-state index is -4.93. The maximum Gasteiger partial charge on any atom is 0.471 e. The maximum absolute atomic E-state index is 12.7. The Balaban J connectivity index is 1.55. The van der Waals surface area contributed by atoms with E-state index in [0.717, 1.165) is 19.3 Å². The lowest BCUT2D eigenvalue weighted by molar-refractivity contribution is -0.187. The molecule has 2 aliphatic heterocycles. The van der Waals surface area contributed by atoms with Crippen LogP contribution in [0.25, 0.3) is 0 Å². The molecule has 7 heteroatoms. The molecule has 2 aliphatic rings. The molecule has 26 heavy (non-hydrogen) atoms. The Morgan fingerprint density at radius 2 is 1.65 bits per heavy atom. The van der Waals surface area contributed by atoms with Crippen molar-refractivity contribution in [2.24, 2.45) is 5.92 Å². The van der Waals surface area contributed by atoms with Crippen LogP contribution in [0.2, 0.25) is 0 Å². The molecule has 1 atom stereocenters. The number of benzene rings is 1. The Kier molecular flexibility index (Phi) is 5.53. The predicted molar refractivity (Wildman–Crippen MR) is 90.2 cm³/mol. The van der Waals surface area contributed by atoms with E-state index < -0.39 is 18.1 Å². The van der Waals surface area contributed by atoms with E-state index in [-0.39, 0.29) is 12.5 Å². The number of carbonyl (C=O) groups is 2. The summed E-state index contributed by atoms with van der Waals surface area (Å²) >= 11 is 0. The molecule has 0 radical (unpaired) electrons. The zero-order valence-corrected chi connectivity index (χ0v) is 14.5. The van der Waals surface area contributed by atoms with Crippen molar-refractivity contribution in [1.29, 1.82) is 0 Å². The number of piperidine rings is 1. The maximum atomic E-state index is 12.7. The van der Waals surface area contributed by atoms with Crippen molar-refractivity contribution in [1.82, 2.24) is 9.80 Å². The van der Waals surface area contributed by atoms with Crippen molar-refractivity contribution in [2.45, 2.75) is 44.3 Å². The number of amides is 2. The lowest BCUT2D eigenvalue weighted by Gasteiger charge is -2.35. The third kappa shape index (κ3) is 4.19. The monoisotopic (exact) mass is 368 g/mol. The van der Waals surface area contributed by atoms with Crippen molar-refractivity contribution in [3.8, 4) is 0 Å². The average molecular weight is 368 g/mol. The second-order valence-electron chi connectivity index (χ2n) is 7.11. The van der Waals surface area contributed by atoms with Gasteiger partial charge in [0.2, 0.25) is 5.91 Å². The summed E-state index contributed by atoms with van der Waals surface area (Å²) in [5, 5.41) is 0. The van der Waals surface area contributed by atoms with Crippen LogP contribution >= 0.6 is 0 Å². The molecule has 0 saturated carbocycles. The van der Waals surface area contributed by atoms with Gasteiger partial charge >= 0.3 is 12.1 Å². The molecule has 0 aromatic heterocycles. The Morgan fingerprint density at radius 1 is 1.00 bits per heavy atom. The Hall–Kier alpha value is -2.05. The van der Waals surface area contributed by atoms with Crippen molar-refractivity contribution >= 4 is 11.8 Å². The smallest absolute Gasteiger partial charge is 0.341 e. The summed E-state index contributed by atoms with van der Waals surface area (Å²) < 4.78 is 38.2. The van der Waals surface area contributed by atoms with Gasteiger partial charge in [-0.05, 0) is 43.6 Å². The molecule has 4 nitrogen and oxygen atoms in total. The number of halogens is 3. The summed E-state index contributed by atoms with van der Waals surface area (Å²) in [6, 6.07) is 9.17. The van der Waals surface area contributed by atoms with Crippen LogP contribution in [0.15, 0.2) is 30.3 Å². The van der Waals surface area contributed by atoms with Gasteiger partial charge in [-0.15, -0.1) is 0 Å². The molecule has 3 rings (SSSR count). The minimum Gasteiger partial charge on any atom is -0.341 e. The van der Waals surface area contributed by atoms with Crippen molar-refractivity contribution in [3.05, 3.63) is 35.9 Å². The number of hydrogen-bond donors (Lipinski definition) is 0. The predicted octanol–water partition coefficient (Wildman–Crippen LogP) is 3.02. The number of rotatable bonds is 3. The molecular weight excluding hydrogens is 345 g/mol. The van der Waals surface area contributed by atoms with Crippen LogP contribution in [0, 0.1) is 5.92 Å². The topological polar surface area (TPSA) is 40.6 Å². The lowest BCUT2D eigenvalue weighted by Crippen LogP contribution is -2.52. The van der Waals surface area contributed by atoms with Crippen LogP contribution in [0.4, 0.5) is 13.2 Å². The summed E-state index contributed by atoms with van der Waals surface area (Å²) in [4.78, 5) is 26.6. The summed E-state index contributed by atoms with van der Waals surface area (Å²) in [5.74, 6) is -1.76. The van der Waals surface area contributed by atoms with Gasteiger partial charge < -0.3 is 9.80 Å². The molecule has 2 fully saturated rings. The van der Waals surface area contributed by atoms with Crippen LogP contribution < -0.4 is 0 Å². The molecule has 2 heterocycles. The highest BCUT2D eigenvalue weighted by Crippen LogP contribution is 2.28. The highest BCUT2D eigenvalue weighted by atomic mass is 19.4. The molecule has 1 aromatic rings. The third-order valence-corrected chi connectivity index (χ3v) is 5.33. The van der Waals surface area contributed by atoms with E-state index in [1.54, 1.807) is 4.90 Å². The van der Waals surface area contributed by atoms with E-state index in [2.05, 4.69) is 12.1 Å². The normalized spacial score (nSPS) is 21.9. The molecule has 1 aromatic carbocycles. The van der Waals surface area contributed by atoms with Gasteiger partial charge in [-0.1, -0.05) is 30.3 Å². The van der Waals surface area contributed by atoms with Gasteiger partial charge in [-0.2, -0.15) is 13.2 Å². The van der Waals surface area contributed by atoms with E-state index in [0.29, 0.717) is 36.7 Å². The third-order valence-electron chi connectivity index (χ3n) is 5.33. The largest absolute Gasteiger partial charge is 0.471 e. The lowest BCUT2D eigenvalue weighted by atomic mass is 9.90.